The zero-order valence-corrected chi connectivity index (χ0v) is 6.47. The average molecular weight is 141 g/mol. The number of nitrogens with two attached hydrogens (primary N) is 1. The van der Waals surface area contributed by atoms with Gasteiger partial charge in [0.25, 0.3) is 0 Å². The molecule has 2 N–H and O–H groups in total. The monoisotopic (exact) mass is 141 g/mol. The highest BCUT2D eigenvalue weighted by Crippen LogP contribution is 2.41. The van der Waals surface area contributed by atoms with Crippen LogP contribution >= 0.6 is 0 Å². The molecule has 2 atom stereocenters. The van der Waals surface area contributed by atoms with Crippen molar-refractivity contribution in [2.45, 2.75) is 18.9 Å². The lowest BCUT2D eigenvalue weighted by Crippen LogP contribution is -2.30. The third kappa shape index (κ3) is 1.39. The first-order valence-corrected chi connectivity index (χ1v) is 3.72. The van der Waals surface area contributed by atoms with Gasteiger partial charge < -0.3 is 10.5 Å². The second kappa shape index (κ2) is 2.72. The second-order valence-electron chi connectivity index (χ2n) is 2.92. The lowest BCUT2D eigenvalue weighted by Gasteiger charge is -2.08. The van der Waals surface area contributed by atoms with E-state index in [2.05, 4.69) is 6.58 Å². The molecule has 10 heavy (non-hydrogen) atoms. The molecule has 0 bridgehead atoms. The first-order chi connectivity index (χ1) is 4.73. The highest BCUT2D eigenvalue weighted by atomic mass is 16.5. The van der Waals surface area contributed by atoms with Crippen LogP contribution in [-0.2, 0) is 4.74 Å². The highest BCUT2D eigenvalue weighted by Gasteiger charge is 2.48. The summed E-state index contributed by atoms with van der Waals surface area (Å²) in [5.74, 6) is 0.485. The summed E-state index contributed by atoms with van der Waals surface area (Å²) >= 11 is 0. The van der Waals surface area contributed by atoms with Crippen molar-refractivity contribution < 1.29 is 4.74 Å². The fourth-order valence-corrected chi connectivity index (χ4v) is 1.13. The van der Waals surface area contributed by atoms with E-state index in [9.17, 15) is 0 Å². The fraction of sp³-hybridized carbons (Fsp3) is 0.750. The zero-order valence-electron chi connectivity index (χ0n) is 6.47. The van der Waals surface area contributed by atoms with Gasteiger partial charge >= 0.3 is 0 Å². The van der Waals surface area contributed by atoms with Gasteiger partial charge in [0, 0.05) is 12.1 Å². The summed E-state index contributed by atoms with van der Waals surface area (Å²) in [6.45, 7) is 7.10. The van der Waals surface area contributed by atoms with Crippen LogP contribution in [0.4, 0.5) is 0 Å². The third-order valence-corrected chi connectivity index (χ3v) is 2.04. The van der Waals surface area contributed by atoms with Crippen molar-refractivity contribution in [1.82, 2.24) is 0 Å². The van der Waals surface area contributed by atoms with Crippen molar-refractivity contribution in [3.63, 3.8) is 0 Å². The zero-order chi connectivity index (χ0) is 7.61. The maximum Gasteiger partial charge on any atom is 0.0652 e. The van der Waals surface area contributed by atoms with Gasteiger partial charge in [0.2, 0.25) is 0 Å². The van der Waals surface area contributed by atoms with Crippen LogP contribution in [0.2, 0.25) is 0 Å². The van der Waals surface area contributed by atoms with E-state index in [-0.39, 0.29) is 5.54 Å². The Kier molecular flexibility index (Phi) is 2.11. The quantitative estimate of drug-likeness (QED) is 0.591. The van der Waals surface area contributed by atoms with Crippen molar-refractivity contribution in [2.24, 2.45) is 11.7 Å². The van der Waals surface area contributed by atoms with Crippen LogP contribution in [0.15, 0.2) is 12.7 Å². The van der Waals surface area contributed by atoms with Crippen LogP contribution in [-0.4, -0.2) is 18.8 Å². The van der Waals surface area contributed by atoms with Crippen molar-refractivity contribution in [3.05, 3.63) is 12.7 Å². The van der Waals surface area contributed by atoms with E-state index in [1.165, 1.54) is 0 Å². The number of hydrogen-bond donors (Lipinski definition) is 1. The van der Waals surface area contributed by atoms with Gasteiger partial charge in [-0.25, -0.2) is 0 Å². The van der Waals surface area contributed by atoms with Crippen molar-refractivity contribution in [2.75, 3.05) is 13.2 Å². The van der Waals surface area contributed by atoms with Crippen molar-refractivity contribution in [3.8, 4) is 0 Å². The molecule has 0 aromatic carbocycles. The molecule has 0 unspecified atom stereocenters. The van der Waals surface area contributed by atoms with E-state index in [0.717, 1.165) is 13.0 Å². The molecule has 1 aliphatic carbocycles. The first kappa shape index (κ1) is 7.76. The third-order valence-electron chi connectivity index (χ3n) is 2.04. The van der Waals surface area contributed by atoms with Gasteiger partial charge in [0.1, 0.15) is 0 Å². The van der Waals surface area contributed by atoms with E-state index in [4.69, 9.17) is 10.5 Å². The lowest BCUT2D eigenvalue weighted by atomic mass is 10.2. The summed E-state index contributed by atoms with van der Waals surface area (Å²) in [5.41, 5.74) is 5.82. The van der Waals surface area contributed by atoms with Gasteiger partial charge in [-0.3, -0.25) is 0 Å². The predicted molar refractivity (Wildman–Crippen MR) is 41.7 cm³/mol. The number of rotatable bonds is 4. The van der Waals surface area contributed by atoms with Crippen LogP contribution in [0.1, 0.15) is 13.3 Å². The van der Waals surface area contributed by atoms with Gasteiger partial charge in [-0.05, 0) is 19.3 Å². The van der Waals surface area contributed by atoms with E-state index >= 15 is 0 Å². The SMILES string of the molecule is C=C[C@@H]1C[C@]1(N)COCC. The Labute approximate surface area is 62.1 Å². The van der Waals surface area contributed by atoms with Gasteiger partial charge in [0.05, 0.1) is 6.61 Å². The molecule has 0 saturated heterocycles. The van der Waals surface area contributed by atoms with Crippen LogP contribution in [0.5, 0.6) is 0 Å². The molecule has 1 fully saturated rings. The Hall–Kier alpha value is -0.340. The molecule has 0 aromatic rings. The molecule has 58 valence electrons. The van der Waals surface area contributed by atoms with Crippen LogP contribution in [0, 0.1) is 5.92 Å². The molecule has 2 heteroatoms. The summed E-state index contributed by atoms with van der Waals surface area (Å²) in [4.78, 5) is 0. The maximum atomic E-state index is 5.89. The standard InChI is InChI=1S/C8H15NO/c1-3-7-5-8(7,9)6-10-4-2/h3,7H,1,4-6,9H2,2H3/t7-,8+/m1/s1. The van der Waals surface area contributed by atoms with Crippen LogP contribution in [0.3, 0.4) is 0 Å². The van der Waals surface area contributed by atoms with Crippen LogP contribution < -0.4 is 5.73 Å². The van der Waals surface area contributed by atoms with Gasteiger partial charge in [-0.1, -0.05) is 6.08 Å². The summed E-state index contributed by atoms with van der Waals surface area (Å²) < 4.78 is 5.22. The minimum atomic E-state index is -0.0717. The van der Waals surface area contributed by atoms with E-state index in [0.29, 0.717) is 12.5 Å². The minimum Gasteiger partial charge on any atom is -0.380 e. The molecule has 0 aliphatic heterocycles. The molecule has 2 nitrogen and oxygen atoms in total. The molecular weight excluding hydrogens is 126 g/mol. The molecule has 0 heterocycles. The number of ether oxygens (including phenoxy) is 1. The first-order valence-electron chi connectivity index (χ1n) is 3.72. The van der Waals surface area contributed by atoms with Crippen molar-refractivity contribution in [1.29, 1.82) is 0 Å². The van der Waals surface area contributed by atoms with Gasteiger partial charge in [0.15, 0.2) is 0 Å². The van der Waals surface area contributed by atoms with Crippen molar-refractivity contribution >= 4 is 0 Å². The Balaban J connectivity index is 2.22. The molecule has 1 saturated carbocycles. The summed E-state index contributed by atoms with van der Waals surface area (Å²) in [7, 11) is 0. The molecule has 0 amide bonds. The average Bonchev–Trinajstić information content (AvgIpc) is 2.59. The largest absolute Gasteiger partial charge is 0.380 e. The molecule has 0 radical (unpaired) electrons. The Morgan fingerprint density at radius 1 is 1.90 bits per heavy atom. The molecular formula is C8H15NO. The van der Waals surface area contributed by atoms with Crippen LogP contribution in [0.25, 0.3) is 0 Å². The summed E-state index contributed by atoms with van der Waals surface area (Å²) in [6, 6.07) is 0. The molecule has 0 spiro atoms. The Morgan fingerprint density at radius 2 is 2.60 bits per heavy atom. The molecule has 0 aromatic heterocycles. The number of hydrogen-bond acceptors (Lipinski definition) is 2. The lowest BCUT2D eigenvalue weighted by molar-refractivity contribution is 0.124. The molecule has 1 aliphatic rings. The van der Waals surface area contributed by atoms with E-state index < -0.39 is 0 Å². The Bertz CT molecular complexity index is 135. The predicted octanol–water partition coefficient (Wildman–Crippen LogP) is 0.926. The second-order valence-corrected chi connectivity index (χ2v) is 2.92. The summed E-state index contributed by atoms with van der Waals surface area (Å²) in [5, 5.41) is 0. The topological polar surface area (TPSA) is 35.2 Å². The minimum absolute atomic E-state index is 0.0717. The molecule has 1 rings (SSSR count). The fourth-order valence-electron chi connectivity index (χ4n) is 1.13. The van der Waals surface area contributed by atoms with Gasteiger partial charge in [-0.15, -0.1) is 6.58 Å². The van der Waals surface area contributed by atoms with E-state index in [1.54, 1.807) is 0 Å². The summed E-state index contributed by atoms with van der Waals surface area (Å²) in [6.07, 6.45) is 2.95. The smallest absolute Gasteiger partial charge is 0.0652 e. The van der Waals surface area contributed by atoms with Gasteiger partial charge in [-0.2, -0.15) is 0 Å². The Morgan fingerprint density at radius 3 is 3.00 bits per heavy atom. The van der Waals surface area contributed by atoms with E-state index in [1.807, 2.05) is 13.0 Å². The maximum absolute atomic E-state index is 5.89. The normalized spacial score (nSPS) is 37.6. The highest BCUT2D eigenvalue weighted by molar-refractivity contribution is 5.14.